The van der Waals surface area contributed by atoms with Crippen LogP contribution in [0.5, 0.6) is 0 Å². The fourth-order valence-electron chi connectivity index (χ4n) is 2.86. The second kappa shape index (κ2) is 13.9. The minimum absolute atomic E-state index is 0. The predicted octanol–water partition coefficient (Wildman–Crippen LogP) is 7.57. The number of carbonyl (C=O) groups excluding carboxylic acids is 1. The molecular weight excluding hydrogens is 417 g/mol. The summed E-state index contributed by atoms with van der Waals surface area (Å²) in [6.45, 7) is 2.82. The molecule has 27 heavy (non-hydrogen) atoms. The zero-order valence-corrected chi connectivity index (χ0v) is 17.2. The van der Waals surface area contributed by atoms with Gasteiger partial charge in [0, 0.05) is 23.2 Å². The van der Waals surface area contributed by atoms with E-state index in [1.54, 1.807) is 0 Å². The van der Waals surface area contributed by atoms with Crippen molar-refractivity contribution < 1.29 is 47.9 Å². The molecule has 8 heteroatoms. The van der Waals surface area contributed by atoms with Crippen molar-refractivity contribution in [1.82, 2.24) is 0 Å². The third-order valence-electron chi connectivity index (χ3n) is 4.48. The Morgan fingerprint density at radius 3 is 1.41 bits per heavy atom. The minimum atomic E-state index is -5.52. The smallest absolute Gasteiger partial charge is 0.300 e. The van der Waals surface area contributed by atoms with Crippen LogP contribution in [-0.2, 0) is 21.6 Å². The molecule has 0 aliphatic heterocycles. The maximum absolute atomic E-state index is 13.6. The maximum Gasteiger partial charge on any atom is 0.372 e. The van der Waals surface area contributed by atoms with E-state index >= 15 is 0 Å². The van der Waals surface area contributed by atoms with Gasteiger partial charge >= 0.3 is 17.8 Å². The Morgan fingerprint density at radius 2 is 1.04 bits per heavy atom. The summed E-state index contributed by atoms with van der Waals surface area (Å²) in [6, 6.07) is 0. The van der Waals surface area contributed by atoms with Gasteiger partial charge in [0.2, 0.25) is 0 Å². The van der Waals surface area contributed by atoms with Crippen molar-refractivity contribution in [1.29, 1.82) is 0 Å². The normalized spacial score (nSPS) is 12.7. The monoisotopic (exact) mass is 449 g/mol. The first-order valence-electron chi connectivity index (χ1n) is 9.61. The van der Waals surface area contributed by atoms with Gasteiger partial charge in [0.25, 0.3) is 0 Å². The van der Waals surface area contributed by atoms with Crippen LogP contribution in [0.1, 0.15) is 97.3 Å². The van der Waals surface area contributed by atoms with Crippen LogP contribution in [0.3, 0.4) is 0 Å². The van der Waals surface area contributed by atoms with Gasteiger partial charge < -0.3 is 0 Å². The molecule has 0 aliphatic rings. The van der Waals surface area contributed by atoms with Crippen LogP contribution in [0.25, 0.3) is 0 Å². The quantitative estimate of drug-likeness (QED) is 0.175. The van der Waals surface area contributed by atoms with Crippen LogP contribution in [-0.4, -0.2) is 23.6 Å². The van der Waals surface area contributed by atoms with Crippen LogP contribution in [0.4, 0.5) is 26.3 Å². The van der Waals surface area contributed by atoms with E-state index in [-0.39, 0.29) is 23.2 Å². The Morgan fingerprint density at radius 1 is 0.667 bits per heavy atom. The molecule has 1 nitrogen and oxygen atoms in total. The third-order valence-corrected chi connectivity index (χ3v) is 4.48. The van der Waals surface area contributed by atoms with Gasteiger partial charge in [-0.05, 0) is 13.3 Å². The minimum Gasteiger partial charge on any atom is -0.300 e. The molecule has 1 radical (unpaired) electrons. The molecule has 0 aromatic carbocycles. The number of unbranched alkanes of at least 4 members (excludes halogenated alkanes) is 10. The van der Waals surface area contributed by atoms with Gasteiger partial charge in [-0.25, -0.2) is 0 Å². The topological polar surface area (TPSA) is 17.1 Å². The van der Waals surface area contributed by atoms with Gasteiger partial charge in [0.1, 0.15) is 5.78 Å². The zero-order chi connectivity index (χ0) is 20.3. The number of ketones is 1. The fourth-order valence-corrected chi connectivity index (χ4v) is 2.86. The molecule has 0 spiro atoms. The number of carbonyl (C=O) groups is 1. The first-order valence-corrected chi connectivity index (χ1v) is 9.61. The van der Waals surface area contributed by atoms with Gasteiger partial charge in [0.15, 0.2) is 0 Å². The molecule has 0 fully saturated rings. The van der Waals surface area contributed by atoms with Gasteiger partial charge in [-0.1, -0.05) is 71.1 Å². The molecule has 0 unspecified atom stereocenters. The summed E-state index contributed by atoms with van der Waals surface area (Å²) in [6.07, 6.45) is 6.32. The molecule has 0 N–H and O–H groups in total. The maximum atomic E-state index is 13.6. The molecule has 0 rings (SSSR count). The van der Waals surface area contributed by atoms with E-state index in [0.717, 1.165) is 25.7 Å². The van der Waals surface area contributed by atoms with Crippen molar-refractivity contribution in [2.75, 3.05) is 0 Å². The summed E-state index contributed by atoms with van der Waals surface area (Å²) < 4.78 is 80.8. The van der Waals surface area contributed by atoms with Gasteiger partial charge in [-0.15, -0.1) is 0 Å². The Kier molecular flexibility index (Phi) is 14.9. The van der Waals surface area contributed by atoms with Gasteiger partial charge in [0.05, 0.1) is 6.42 Å². The predicted molar refractivity (Wildman–Crippen MR) is 91.2 cm³/mol. The summed E-state index contributed by atoms with van der Waals surface area (Å²) in [7, 11) is 0. The first-order chi connectivity index (χ1) is 12.0. The van der Waals surface area contributed by atoms with E-state index in [9.17, 15) is 31.1 Å². The number of hydrogen-bond donors (Lipinski definition) is 0. The van der Waals surface area contributed by atoms with Crippen molar-refractivity contribution in [3.05, 3.63) is 0 Å². The standard InChI is InChI=1S/C19H32F6O.Co/c1-3-4-5-6-7-8-9-10-11-12-13-14-17(20,21)19(24,25)18(22,23)15-16(2)26;/h3-15H2,1-2H3;. The second-order valence-electron chi connectivity index (χ2n) is 7.15. The average molecular weight is 449 g/mol. The summed E-state index contributed by atoms with van der Waals surface area (Å²) in [5.74, 6) is -16.6. The van der Waals surface area contributed by atoms with E-state index in [2.05, 4.69) is 6.92 Å². The largest absolute Gasteiger partial charge is 0.372 e. The van der Waals surface area contributed by atoms with E-state index in [1.165, 1.54) is 25.7 Å². The molecular formula is C19H32CoF6O. The van der Waals surface area contributed by atoms with Gasteiger partial charge in [-0.2, -0.15) is 26.3 Å². The van der Waals surface area contributed by atoms with E-state index in [4.69, 9.17) is 0 Å². The Bertz CT molecular complexity index is 402. The van der Waals surface area contributed by atoms with Crippen molar-refractivity contribution in [3.63, 3.8) is 0 Å². The Labute approximate surface area is 169 Å². The van der Waals surface area contributed by atoms with Crippen molar-refractivity contribution in [2.24, 2.45) is 0 Å². The molecule has 0 aliphatic carbocycles. The summed E-state index contributed by atoms with van der Waals surface area (Å²) in [4.78, 5) is 10.6. The molecule has 0 amide bonds. The summed E-state index contributed by atoms with van der Waals surface area (Å²) >= 11 is 0. The molecule has 0 aromatic heterocycles. The summed E-state index contributed by atoms with van der Waals surface area (Å²) in [5.41, 5.74) is 0. The molecule has 0 atom stereocenters. The van der Waals surface area contributed by atoms with E-state index < -0.39 is 36.4 Å². The van der Waals surface area contributed by atoms with Crippen molar-refractivity contribution in [3.8, 4) is 0 Å². The van der Waals surface area contributed by atoms with Gasteiger partial charge in [-0.3, -0.25) is 4.79 Å². The number of hydrogen-bond acceptors (Lipinski definition) is 1. The van der Waals surface area contributed by atoms with E-state index in [0.29, 0.717) is 19.8 Å². The van der Waals surface area contributed by atoms with E-state index in [1.807, 2.05) is 0 Å². The molecule has 165 valence electrons. The molecule has 0 heterocycles. The van der Waals surface area contributed by atoms with Crippen molar-refractivity contribution in [2.45, 2.75) is 115 Å². The first kappa shape index (κ1) is 29.0. The third kappa shape index (κ3) is 10.8. The van der Waals surface area contributed by atoms with Crippen LogP contribution < -0.4 is 0 Å². The zero-order valence-electron chi connectivity index (χ0n) is 16.2. The van der Waals surface area contributed by atoms with Crippen LogP contribution in [0.15, 0.2) is 0 Å². The summed E-state index contributed by atoms with van der Waals surface area (Å²) in [5, 5.41) is 0. The molecule has 0 aromatic rings. The fraction of sp³-hybridized carbons (Fsp3) is 0.947. The number of Topliss-reactive ketones (excluding diaryl/α,β-unsaturated/α-hetero) is 1. The number of rotatable bonds is 16. The Balaban J connectivity index is 0. The SMILES string of the molecule is CCCCCCCCCCCCCC(F)(F)C(F)(F)C(F)(F)CC(C)=O.[Co]. The average Bonchev–Trinajstić information content (AvgIpc) is 2.51. The number of halogens is 6. The van der Waals surface area contributed by atoms with Crippen LogP contribution in [0.2, 0.25) is 0 Å². The van der Waals surface area contributed by atoms with Crippen LogP contribution in [0, 0.1) is 0 Å². The molecule has 0 saturated carbocycles. The molecule has 0 saturated heterocycles. The van der Waals surface area contributed by atoms with Crippen LogP contribution >= 0.6 is 0 Å². The Hall–Kier alpha value is -0.244. The molecule has 0 bridgehead atoms. The van der Waals surface area contributed by atoms with Crippen molar-refractivity contribution >= 4 is 5.78 Å². The second-order valence-corrected chi connectivity index (χ2v) is 7.15. The number of alkyl halides is 6.